The molecule has 0 aliphatic heterocycles. The standard InChI is InChI=1S/C12H16F2N2O4S/c1-3-20-6-7(2)16-12(17)10-8(13)4-5-9(11(10)14)21(15,18)19/h4-5,7H,3,6H2,1-2H3,(H,16,17)(H2,15,18,19). The molecule has 1 atom stereocenters. The topological polar surface area (TPSA) is 98.5 Å². The lowest BCUT2D eigenvalue weighted by molar-refractivity contribution is 0.0863. The number of hydrogen-bond acceptors (Lipinski definition) is 4. The van der Waals surface area contributed by atoms with Crippen molar-refractivity contribution < 1.29 is 26.7 Å². The maximum atomic E-state index is 14.0. The van der Waals surface area contributed by atoms with Crippen molar-refractivity contribution in [3.05, 3.63) is 29.3 Å². The SMILES string of the molecule is CCOCC(C)NC(=O)c1c(F)ccc(S(N)(=O)=O)c1F. The van der Waals surface area contributed by atoms with E-state index in [-0.39, 0.29) is 6.61 Å². The number of hydrogen-bond donors (Lipinski definition) is 2. The number of benzene rings is 1. The van der Waals surface area contributed by atoms with Crippen molar-refractivity contribution >= 4 is 15.9 Å². The molecule has 1 rings (SSSR count). The van der Waals surface area contributed by atoms with Gasteiger partial charge in [-0.15, -0.1) is 0 Å². The summed E-state index contributed by atoms with van der Waals surface area (Å²) in [5.41, 5.74) is -0.995. The van der Waals surface area contributed by atoms with Crippen molar-refractivity contribution in [2.24, 2.45) is 5.14 Å². The van der Waals surface area contributed by atoms with Crippen molar-refractivity contribution in [3.63, 3.8) is 0 Å². The Morgan fingerprint density at radius 1 is 1.43 bits per heavy atom. The first kappa shape index (κ1) is 17.5. The molecule has 0 bridgehead atoms. The third-order valence-electron chi connectivity index (χ3n) is 2.54. The van der Waals surface area contributed by atoms with Gasteiger partial charge in [-0.25, -0.2) is 22.3 Å². The summed E-state index contributed by atoms with van der Waals surface area (Å²) in [5.74, 6) is -3.78. The van der Waals surface area contributed by atoms with Gasteiger partial charge < -0.3 is 10.1 Å². The third-order valence-corrected chi connectivity index (χ3v) is 3.47. The van der Waals surface area contributed by atoms with Crippen LogP contribution in [0, 0.1) is 11.6 Å². The molecule has 1 aromatic rings. The van der Waals surface area contributed by atoms with E-state index in [2.05, 4.69) is 5.32 Å². The van der Waals surface area contributed by atoms with Crippen LogP contribution in [-0.2, 0) is 14.8 Å². The van der Waals surface area contributed by atoms with E-state index in [1.165, 1.54) is 0 Å². The minimum Gasteiger partial charge on any atom is -0.380 e. The van der Waals surface area contributed by atoms with Gasteiger partial charge in [-0.1, -0.05) is 0 Å². The molecule has 0 saturated heterocycles. The molecule has 9 heteroatoms. The smallest absolute Gasteiger partial charge is 0.257 e. The first-order valence-electron chi connectivity index (χ1n) is 6.07. The summed E-state index contributed by atoms with van der Waals surface area (Å²) >= 11 is 0. The summed E-state index contributed by atoms with van der Waals surface area (Å²) in [7, 11) is -4.40. The molecule has 1 aromatic carbocycles. The van der Waals surface area contributed by atoms with Gasteiger partial charge in [0.1, 0.15) is 16.3 Å². The Morgan fingerprint density at radius 3 is 2.57 bits per heavy atom. The number of carbonyl (C=O) groups is 1. The molecule has 0 aliphatic carbocycles. The van der Waals surface area contributed by atoms with Crippen LogP contribution in [0.25, 0.3) is 0 Å². The second kappa shape index (κ2) is 6.92. The van der Waals surface area contributed by atoms with Gasteiger partial charge in [-0.2, -0.15) is 0 Å². The van der Waals surface area contributed by atoms with Gasteiger partial charge >= 0.3 is 0 Å². The van der Waals surface area contributed by atoms with E-state index in [0.717, 1.165) is 0 Å². The average Bonchev–Trinajstić information content (AvgIpc) is 2.34. The van der Waals surface area contributed by atoms with Crippen molar-refractivity contribution in [2.45, 2.75) is 24.8 Å². The number of rotatable bonds is 6. The largest absolute Gasteiger partial charge is 0.380 e. The number of halogens is 2. The van der Waals surface area contributed by atoms with Gasteiger partial charge in [0.25, 0.3) is 5.91 Å². The first-order valence-corrected chi connectivity index (χ1v) is 7.62. The predicted octanol–water partition coefficient (Wildman–Crippen LogP) is 0.767. The molecule has 21 heavy (non-hydrogen) atoms. The highest BCUT2D eigenvalue weighted by atomic mass is 32.2. The molecule has 1 unspecified atom stereocenters. The summed E-state index contributed by atoms with van der Waals surface area (Å²) in [6.45, 7) is 3.90. The highest BCUT2D eigenvalue weighted by Crippen LogP contribution is 2.20. The Balaban J connectivity index is 3.10. The van der Waals surface area contributed by atoms with Crippen LogP contribution in [0.15, 0.2) is 17.0 Å². The second-order valence-electron chi connectivity index (χ2n) is 4.31. The normalized spacial score (nSPS) is 13.0. The lowest BCUT2D eigenvalue weighted by Gasteiger charge is -2.15. The van der Waals surface area contributed by atoms with E-state index in [1.807, 2.05) is 0 Å². The average molecular weight is 322 g/mol. The minimum atomic E-state index is -4.40. The van der Waals surface area contributed by atoms with Crippen LogP contribution in [-0.4, -0.2) is 33.6 Å². The number of ether oxygens (including phenoxy) is 1. The van der Waals surface area contributed by atoms with Gasteiger partial charge in [-0.3, -0.25) is 4.79 Å². The minimum absolute atomic E-state index is 0.153. The Hall–Kier alpha value is -1.58. The summed E-state index contributed by atoms with van der Waals surface area (Å²) in [5, 5.41) is 7.11. The fourth-order valence-corrected chi connectivity index (χ4v) is 2.20. The summed E-state index contributed by atoms with van der Waals surface area (Å²) in [6, 6.07) is 0.833. The zero-order valence-electron chi connectivity index (χ0n) is 11.5. The fourth-order valence-electron chi connectivity index (χ4n) is 1.59. The molecule has 118 valence electrons. The maximum absolute atomic E-state index is 14.0. The first-order chi connectivity index (χ1) is 9.68. The van der Waals surface area contributed by atoms with Crippen LogP contribution in [0.2, 0.25) is 0 Å². The van der Waals surface area contributed by atoms with Gasteiger partial charge in [0.05, 0.1) is 6.61 Å². The predicted molar refractivity (Wildman–Crippen MR) is 71.2 cm³/mol. The summed E-state index contributed by atoms with van der Waals surface area (Å²) in [4.78, 5) is 10.9. The van der Waals surface area contributed by atoms with Gasteiger partial charge in [0.15, 0.2) is 5.82 Å². The quantitative estimate of drug-likeness (QED) is 0.808. The van der Waals surface area contributed by atoms with Crippen molar-refractivity contribution in [3.8, 4) is 0 Å². The third kappa shape index (κ3) is 4.45. The molecule has 0 saturated carbocycles. The molecule has 0 fully saturated rings. The number of amides is 1. The van der Waals surface area contributed by atoms with Crippen molar-refractivity contribution in [1.82, 2.24) is 5.32 Å². The molecule has 1 amide bonds. The highest BCUT2D eigenvalue weighted by molar-refractivity contribution is 7.89. The van der Waals surface area contributed by atoms with E-state index >= 15 is 0 Å². The lowest BCUT2D eigenvalue weighted by atomic mass is 10.1. The van der Waals surface area contributed by atoms with Gasteiger partial charge in [-0.05, 0) is 26.0 Å². The van der Waals surface area contributed by atoms with Crippen LogP contribution in [0.3, 0.4) is 0 Å². The Bertz CT molecular complexity index is 634. The van der Waals surface area contributed by atoms with E-state index in [4.69, 9.17) is 9.88 Å². The number of nitrogens with two attached hydrogens (primary N) is 1. The number of carbonyl (C=O) groups excluding carboxylic acids is 1. The number of sulfonamides is 1. The molecule has 3 N–H and O–H groups in total. The monoisotopic (exact) mass is 322 g/mol. The summed E-state index contributed by atoms with van der Waals surface area (Å²) in [6.07, 6.45) is 0. The van der Waals surface area contributed by atoms with E-state index in [0.29, 0.717) is 18.7 Å². The fraction of sp³-hybridized carbons (Fsp3) is 0.417. The lowest BCUT2D eigenvalue weighted by Crippen LogP contribution is -2.37. The zero-order valence-corrected chi connectivity index (χ0v) is 12.3. The van der Waals surface area contributed by atoms with E-state index < -0.39 is 44.1 Å². The van der Waals surface area contributed by atoms with E-state index in [1.54, 1.807) is 13.8 Å². The molecule has 0 heterocycles. The van der Waals surface area contributed by atoms with Crippen LogP contribution in [0.1, 0.15) is 24.2 Å². The molecule has 0 aromatic heterocycles. The van der Waals surface area contributed by atoms with Crippen molar-refractivity contribution in [1.29, 1.82) is 0 Å². The van der Waals surface area contributed by atoms with Crippen molar-refractivity contribution in [2.75, 3.05) is 13.2 Å². The molecule has 6 nitrogen and oxygen atoms in total. The van der Waals surface area contributed by atoms with Crippen LogP contribution in [0.4, 0.5) is 8.78 Å². The Labute approximate surface area is 121 Å². The van der Waals surface area contributed by atoms with Crippen LogP contribution >= 0.6 is 0 Å². The second-order valence-corrected chi connectivity index (χ2v) is 5.84. The number of primary sulfonamides is 1. The van der Waals surface area contributed by atoms with Gasteiger partial charge in [0, 0.05) is 12.6 Å². The maximum Gasteiger partial charge on any atom is 0.257 e. The zero-order chi connectivity index (χ0) is 16.2. The highest BCUT2D eigenvalue weighted by Gasteiger charge is 2.25. The molecular weight excluding hydrogens is 306 g/mol. The molecule has 0 radical (unpaired) electrons. The van der Waals surface area contributed by atoms with E-state index in [9.17, 15) is 22.0 Å². The molecule has 0 spiro atoms. The Kier molecular flexibility index (Phi) is 5.76. The molecular formula is C12H16F2N2O4S. The van der Waals surface area contributed by atoms with Crippen LogP contribution in [0.5, 0.6) is 0 Å². The van der Waals surface area contributed by atoms with Gasteiger partial charge in [0.2, 0.25) is 10.0 Å². The Morgan fingerprint density at radius 2 is 2.05 bits per heavy atom. The molecule has 0 aliphatic rings. The summed E-state index contributed by atoms with van der Waals surface area (Å²) < 4.78 is 55.0. The number of nitrogens with one attached hydrogen (secondary N) is 1. The van der Waals surface area contributed by atoms with Crippen LogP contribution < -0.4 is 10.5 Å².